The van der Waals surface area contributed by atoms with Gasteiger partial charge in [0.05, 0.1) is 17.4 Å². The molecule has 0 fully saturated rings. The third kappa shape index (κ3) is 4.62. The molecule has 3 aromatic carbocycles. The SMILES string of the molecule is O=c1c2ccccc2nc(SCc2ccc(Cl)cc2Cl)n1Cc1ccc(Cl)cc1. The topological polar surface area (TPSA) is 34.9 Å². The molecule has 4 aromatic rings. The summed E-state index contributed by atoms with van der Waals surface area (Å²) in [5.41, 5.74) is 2.51. The van der Waals surface area contributed by atoms with Gasteiger partial charge in [-0.25, -0.2) is 4.98 Å². The van der Waals surface area contributed by atoms with E-state index in [-0.39, 0.29) is 5.56 Å². The second-order valence-corrected chi connectivity index (χ2v) is 8.68. The lowest BCUT2D eigenvalue weighted by Gasteiger charge is -2.14. The molecule has 0 saturated carbocycles. The predicted octanol–water partition coefficient (Wildman–Crippen LogP) is 6.70. The van der Waals surface area contributed by atoms with Crippen LogP contribution in [0.3, 0.4) is 0 Å². The van der Waals surface area contributed by atoms with E-state index in [1.807, 2.05) is 48.5 Å². The number of nitrogens with zero attached hydrogens (tertiary/aromatic N) is 2. The number of hydrogen-bond acceptors (Lipinski definition) is 3. The van der Waals surface area contributed by atoms with Crippen molar-refractivity contribution in [3.63, 3.8) is 0 Å². The first kappa shape index (κ1) is 20.3. The van der Waals surface area contributed by atoms with E-state index < -0.39 is 0 Å². The Morgan fingerprint density at radius 3 is 2.38 bits per heavy atom. The summed E-state index contributed by atoms with van der Waals surface area (Å²) in [6.07, 6.45) is 0. The molecular weight excluding hydrogens is 447 g/mol. The minimum absolute atomic E-state index is 0.0738. The summed E-state index contributed by atoms with van der Waals surface area (Å²) in [6.45, 7) is 0.407. The molecule has 1 heterocycles. The van der Waals surface area contributed by atoms with Gasteiger partial charge < -0.3 is 0 Å². The zero-order valence-corrected chi connectivity index (χ0v) is 18.2. The van der Waals surface area contributed by atoms with Crippen LogP contribution < -0.4 is 5.56 Å². The molecule has 0 atom stereocenters. The van der Waals surface area contributed by atoms with Crippen molar-refractivity contribution in [1.82, 2.24) is 9.55 Å². The summed E-state index contributed by atoms with van der Waals surface area (Å²) in [6, 6.07) is 20.2. The number of thioether (sulfide) groups is 1. The lowest BCUT2D eigenvalue weighted by molar-refractivity contribution is 0.658. The zero-order valence-electron chi connectivity index (χ0n) is 15.1. The monoisotopic (exact) mass is 460 g/mol. The van der Waals surface area contributed by atoms with Gasteiger partial charge in [0.1, 0.15) is 0 Å². The number of halogens is 3. The maximum atomic E-state index is 13.2. The number of para-hydroxylation sites is 1. The van der Waals surface area contributed by atoms with Crippen molar-refractivity contribution in [2.75, 3.05) is 0 Å². The molecule has 0 radical (unpaired) electrons. The Morgan fingerprint density at radius 2 is 1.62 bits per heavy atom. The number of benzene rings is 3. The van der Waals surface area contributed by atoms with Gasteiger partial charge in [0.15, 0.2) is 5.16 Å². The van der Waals surface area contributed by atoms with Crippen LogP contribution in [0, 0.1) is 0 Å². The predicted molar refractivity (Wildman–Crippen MR) is 123 cm³/mol. The fraction of sp³-hybridized carbons (Fsp3) is 0.0909. The first-order valence-corrected chi connectivity index (χ1v) is 10.9. The maximum Gasteiger partial charge on any atom is 0.262 e. The fourth-order valence-corrected chi connectivity index (χ4v) is 4.63. The molecule has 4 rings (SSSR count). The van der Waals surface area contributed by atoms with Crippen molar-refractivity contribution >= 4 is 57.5 Å². The summed E-state index contributed by atoms with van der Waals surface area (Å²) in [5.74, 6) is 0.571. The highest BCUT2D eigenvalue weighted by molar-refractivity contribution is 7.98. The van der Waals surface area contributed by atoms with Crippen LogP contribution >= 0.6 is 46.6 Å². The van der Waals surface area contributed by atoms with E-state index in [0.717, 1.165) is 11.1 Å². The number of aromatic nitrogens is 2. The smallest absolute Gasteiger partial charge is 0.262 e. The Hall–Kier alpha value is -1.98. The molecule has 29 heavy (non-hydrogen) atoms. The molecule has 0 spiro atoms. The first-order valence-electron chi connectivity index (χ1n) is 8.82. The molecule has 0 aliphatic rings. The van der Waals surface area contributed by atoms with Crippen LogP contribution in [0.2, 0.25) is 15.1 Å². The molecular formula is C22H15Cl3N2OS. The summed E-state index contributed by atoms with van der Waals surface area (Å²) in [7, 11) is 0. The van der Waals surface area contributed by atoms with Crippen LogP contribution in [0.1, 0.15) is 11.1 Å². The van der Waals surface area contributed by atoms with Gasteiger partial charge in [-0.15, -0.1) is 0 Å². The molecule has 0 aliphatic heterocycles. The summed E-state index contributed by atoms with van der Waals surface area (Å²) >= 11 is 19.8. The quantitative estimate of drug-likeness (QED) is 0.245. The van der Waals surface area contributed by atoms with Crippen molar-refractivity contribution in [3.8, 4) is 0 Å². The van der Waals surface area contributed by atoms with Gasteiger partial charge in [-0.1, -0.05) is 76.9 Å². The molecule has 7 heteroatoms. The second kappa shape index (κ2) is 8.80. The van der Waals surface area contributed by atoms with Crippen molar-refractivity contribution in [2.24, 2.45) is 0 Å². The normalized spacial score (nSPS) is 11.1. The van der Waals surface area contributed by atoms with Gasteiger partial charge in [0, 0.05) is 20.8 Å². The first-order chi connectivity index (χ1) is 14.0. The molecule has 0 unspecified atom stereocenters. The van der Waals surface area contributed by atoms with Gasteiger partial charge in [-0.2, -0.15) is 0 Å². The number of rotatable bonds is 5. The Morgan fingerprint density at radius 1 is 0.897 bits per heavy atom. The largest absolute Gasteiger partial charge is 0.283 e. The Bertz CT molecular complexity index is 1240. The summed E-state index contributed by atoms with van der Waals surface area (Å²) < 4.78 is 1.69. The molecule has 0 bridgehead atoms. The Labute approximate surface area is 187 Å². The van der Waals surface area contributed by atoms with Crippen molar-refractivity contribution in [2.45, 2.75) is 17.5 Å². The zero-order chi connectivity index (χ0) is 20.4. The van der Waals surface area contributed by atoms with E-state index in [1.54, 1.807) is 22.8 Å². The lowest BCUT2D eigenvalue weighted by atomic mass is 10.2. The van der Waals surface area contributed by atoms with E-state index >= 15 is 0 Å². The number of fused-ring (bicyclic) bond motifs is 1. The van der Waals surface area contributed by atoms with Crippen LogP contribution in [0.25, 0.3) is 10.9 Å². The fourth-order valence-electron chi connectivity index (χ4n) is 2.95. The van der Waals surface area contributed by atoms with Crippen LogP contribution in [0.5, 0.6) is 0 Å². The van der Waals surface area contributed by atoms with Crippen molar-refractivity contribution < 1.29 is 0 Å². The minimum Gasteiger partial charge on any atom is -0.283 e. The van der Waals surface area contributed by atoms with Gasteiger partial charge in [-0.05, 0) is 47.5 Å². The van der Waals surface area contributed by atoms with E-state index in [0.29, 0.717) is 43.4 Å². The number of hydrogen-bond donors (Lipinski definition) is 0. The Kier molecular flexibility index (Phi) is 6.16. The third-order valence-electron chi connectivity index (χ3n) is 4.45. The van der Waals surface area contributed by atoms with E-state index in [1.165, 1.54) is 11.8 Å². The molecule has 0 amide bonds. The molecule has 0 saturated heterocycles. The highest BCUT2D eigenvalue weighted by atomic mass is 35.5. The average molecular weight is 462 g/mol. The molecule has 1 aromatic heterocycles. The molecule has 0 N–H and O–H groups in total. The maximum absolute atomic E-state index is 13.2. The standard InChI is InChI=1S/C22H15Cl3N2OS/c23-16-8-5-14(6-9-16)12-27-21(28)18-3-1-2-4-20(18)26-22(27)29-13-15-7-10-17(24)11-19(15)25/h1-11H,12-13H2. The van der Waals surface area contributed by atoms with Gasteiger partial charge >= 0.3 is 0 Å². The van der Waals surface area contributed by atoms with Crippen LogP contribution in [0.4, 0.5) is 0 Å². The molecule has 0 aliphatic carbocycles. The van der Waals surface area contributed by atoms with Crippen molar-refractivity contribution in [3.05, 3.63) is 103 Å². The van der Waals surface area contributed by atoms with Gasteiger partial charge in [0.2, 0.25) is 0 Å². The van der Waals surface area contributed by atoms with E-state index in [2.05, 4.69) is 0 Å². The highest BCUT2D eigenvalue weighted by Gasteiger charge is 2.13. The van der Waals surface area contributed by atoms with Crippen molar-refractivity contribution in [1.29, 1.82) is 0 Å². The second-order valence-electron chi connectivity index (χ2n) is 6.45. The average Bonchev–Trinajstić information content (AvgIpc) is 2.71. The summed E-state index contributed by atoms with van der Waals surface area (Å²) in [4.78, 5) is 17.9. The third-order valence-corrected chi connectivity index (χ3v) is 6.32. The molecule has 146 valence electrons. The summed E-state index contributed by atoms with van der Waals surface area (Å²) in [5, 5.41) is 3.07. The van der Waals surface area contributed by atoms with E-state index in [9.17, 15) is 4.79 Å². The molecule has 3 nitrogen and oxygen atoms in total. The van der Waals surface area contributed by atoms with Crippen LogP contribution in [-0.2, 0) is 12.3 Å². The highest BCUT2D eigenvalue weighted by Crippen LogP contribution is 2.28. The Balaban J connectivity index is 1.74. The minimum atomic E-state index is -0.0738. The van der Waals surface area contributed by atoms with Crippen LogP contribution in [-0.4, -0.2) is 9.55 Å². The van der Waals surface area contributed by atoms with E-state index in [4.69, 9.17) is 39.8 Å². The van der Waals surface area contributed by atoms with Crippen LogP contribution in [0.15, 0.2) is 76.7 Å². The lowest BCUT2D eigenvalue weighted by Crippen LogP contribution is -2.24. The van der Waals surface area contributed by atoms with Gasteiger partial charge in [0.25, 0.3) is 5.56 Å². The van der Waals surface area contributed by atoms with Gasteiger partial charge in [-0.3, -0.25) is 9.36 Å².